The van der Waals surface area contributed by atoms with E-state index in [-0.39, 0.29) is 5.82 Å². The lowest BCUT2D eigenvalue weighted by atomic mass is 9.93. The SMILES string of the molecule is C=Cc1cc(F)cc(CCc2cc(C)cc(C(C)(C)F)c2)c1.CC. The molecule has 0 aliphatic rings. The standard InChI is InChI=1S/C20H22F2.C2H6/c1-5-15-10-17(13-19(21)12-15)7-6-16-8-14(2)9-18(11-16)20(3,4)22;1-2/h5,8-13H,1,6-7H2,2-4H3;1-2H3. The fraction of sp³-hybridized carbons (Fsp3) is 0.364. The first-order valence-corrected chi connectivity index (χ1v) is 8.50. The molecule has 0 atom stereocenters. The van der Waals surface area contributed by atoms with Gasteiger partial charge in [0.2, 0.25) is 0 Å². The lowest BCUT2D eigenvalue weighted by Gasteiger charge is -2.17. The van der Waals surface area contributed by atoms with Crippen molar-refractivity contribution in [3.05, 3.63) is 76.6 Å². The second-order valence-corrected chi connectivity index (χ2v) is 6.28. The molecule has 0 fully saturated rings. The third kappa shape index (κ3) is 5.92. The molecule has 0 amide bonds. The molecule has 0 nitrogen and oxygen atoms in total. The highest BCUT2D eigenvalue weighted by Gasteiger charge is 2.19. The highest BCUT2D eigenvalue weighted by atomic mass is 19.1. The summed E-state index contributed by atoms with van der Waals surface area (Å²) in [4.78, 5) is 0. The van der Waals surface area contributed by atoms with Crippen molar-refractivity contribution in [2.45, 2.75) is 53.1 Å². The summed E-state index contributed by atoms with van der Waals surface area (Å²) in [7, 11) is 0. The van der Waals surface area contributed by atoms with E-state index < -0.39 is 5.67 Å². The van der Waals surface area contributed by atoms with Gasteiger partial charge in [0.15, 0.2) is 0 Å². The number of rotatable bonds is 5. The number of aryl methyl sites for hydroxylation is 3. The Kier molecular flexibility index (Phi) is 7.34. The molecule has 2 heteroatoms. The maximum absolute atomic E-state index is 14.1. The van der Waals surface area contributed by atoms with Gasteiger partial charge in [-0.15, -0.1) is 0 Å². The van der Waals surface area contributed by atoms with E-state index in [1.165, 1.54) is 6.07 Å². The summed E-state index contributed by atoms with van der Waals surface area (Å²) in [6.07, 6.45) is 3.11. The van der Waals surface area contributed by atoms with Gasteiger partial charge in [-0.2, -0.15) is 0 Å². The van der Waals surface area contributed by atoms with Crippen LogP contribution < -0.4 is 0 Å². The first-order valence-electron chi connectivity index (χ1n) is 8.50. The molecule has 24 heavy (non-hydrogen) atoms. The van der Waals surface area contributed by atoms with Crippen molar-refractivity contribution in [3.8, 4) is 0 Å². The van der Waals surface area contributed by atoms with E-state index in [0.717, 1.165) is 28.7 Å². The molecule has 0 saturated carbocycles. The van der Waals surface area contributed by atoms with Gasteiger partial charge in [0.25, 0.3) is 0 Å². The maximum atomic E-state index is 14.1. The van der Waals surface area contributed by atoms with Crippen LogP contribution in [-0.4, -0.2) is 0 Å². The zero-order chi connectivity index (χ0) is 18.3. The molecule has 2 rings (SSSR count). The van der Waals surface area contributed by atoms with Gasteiger partial charge in [0.1, 0.15) is 11.5 Å². The summed E-state index contributed by atoms with van der Waals surface area (Å²) in [5.74, 6) is -0.248. The van der Waals surface area contributed by atoms with Crippen LogP contribution in [0, 0.1) is 12.7 Å². The Hall–Kier alpha value is -1.96. The van der Waals surface area contributed by atoms with Crippen LogP contribution in [0.2, 0.25) is 0 Å². The monoisotopic (exact) mass is 330 g/mol. The number of alkyl halides is 1. The molecule has 0 radical (unpaired) electrons. The van der Waals surface area contributed by atoms with Crippen LogP contribution in [0.15, 0.2) is 43.0 Å². The lowest BCUT2D eigenvalue weighted by molar-refractivity contribution is 0.221. The fourth-order valence-electron chi connectivity index (χ4n) is 2.58. The van der Waals surface area contributed by atoms with Gasteiger partial charge in [0, 0.05) is 0 Å². The molecule has 0 aliphatic heterocycles. The van der Waals surface area contributed by atoms with Crippen molar-refractivity contribution in [2.75, 3.05) is 0 Å². The van der Waals surface area contributed by atoms with E-state index >= 15 is 0 Å². The van der Waals surface area contributed by atoms with Crippen molar-refractivity contribution in [2.24, 2.45) is 0 Å². The number of hydrogen-bond acceptors (Lipinski definition) is 0. The third-order valence-corrected chi connectivity index (χ3v) is 3.74. The molecule has 0 saturated heterocycles. The van der Waals surface area contributed by atoms with Crippen LogP contribution >= 0.6 is 0 Å². The second kappa shape index (κ2) is 8.77. The van der Waals surface area contributed by atoms with Gasteiger partial charge in [-0.3, -0.25) is 0 Å². The van der Waals surface area contributed by atoms with E-state index in [1.807, 2.05) is 39.0 Å². The van der Waals surface area contributed by atoms with E-state index in [9.17, 15) is 8.78 Å². The summed E-state index contributed by atoms with van der Waals surface area (Å²) < 4.78 is 27.7. The Morgan fingerprint density at radius 1 is 0.958 bits per heavy atom. The Morgan fingerprint density at radius 3 is 2.08 bits per heavy atom. The quantitative estimate of drug-likeness (QED) is 0.566. The number of halogens is 2. The van der Waals surface area contributed by atoms with Crippen LogP contribution in [0.4, 0.5) is 8.78 Å². The van der Waals surface area contributed by atoms with Crippen molar-refractivity contribution in [1.82, 2.24) is 0 Å². The van der Waals surface area contributed by atoms with E-state index in [2.05, 4.69) is 12.6 Å². The summed E-state index contributed by atoms with van der Waals surface area (Å²) in [6, 6.07) is 10.8. The van der Waals surface area contributed by atoms with Gasteiger partial charge >= 0.3 is 0 Å². The van der Waals surface area contributed by atoms with Crippen molar-refractivity contribution >= 4 is 6.08 Å². The summed E-state index contributed by atoms with van der Waals surface area (Å²) in [5, 5.41) is 0. The van der Waals surface area contributed by atoms with Gasteiger partial charge < -0.3 is 0 Å². The molecule has 0 bridgehead atoms. The average Bonchev–Trinajstić information content (AvgIpc) is 2.53. The van der Waals surface area contributed by atoms with E-state index in [4.69, 9.17) is 0 Å². The van der Waals surface area contributed by atoms with Gasteiger partial charge in [0.05, 0.1) is 0 Å². The van der Waals surface area contributed by atoms with Crippen LogP contribution in [0.3, 0.4) is 0 Å². The number of hydrogen-bond donors (Lipinski definition) is 0. The summed E-state index contributed by atoms with van der Waals surface area (Å²) in [6.45, 7) is 12.8. The minimum Gasteiger partial charge on any atom is -0.239 e. The van der Waals surface area contributed by atoms with Gasteiger partial charge in [-0.1, -0.05) is 56.3 Å². The molecule has 0 heterocycles. The Morgan fingerprint density at radius 2 is 1.54 bits per heavy atom. The predicted molar refractivity (Wildman–Crippen MR) is 101 cm³/mol. The maximum Gasteiger partial charge on any atom is 0.130 e. The normalized spacial score (nSPS) is 10.8. The average molecular weight is 330 g/mol. The molecule has 2 aromatic carbocycles. The van der Waals surface area contributed by atoms with E-state index in [0.29, 0.717) is 12.0 Å². The largest absolute Gasteiger partial charge is 0.239 e. The zero-order valence-corrected chi connectivity index (χ0v) is 15.4. The molecule has 0 aromatic heterocycles. The molecule has 0 unspecified atom stereocenters. The van der Waals surface area contributed by atoms with Crippen LogP contribution in [0.5, 0.6) is 0 Å². The molecule has 0 aliphatic carbocycles. The first-order chi connectivity index (χ1) is 11.3. The Labute approximate surface area is 145 Å². The molecular weight excluding hydrogens is 302 g/mol. The molecule has 2 aromatic rings. The molecule has 130 valence electrons. The van der Waals surface area contributed by atoms with Crippen molar-refractivity contribution in [3.63, 3.8) is 0 Å². The third-order valence-electron chi connectivity index (χ3n) is 3.74. The van der Waals surface area contributed by atoms with Crippen LogP contribution in [-0.2, 0) is 18.5 Å². The van der Waals surface area contributed by atoms with Gasteiger partial charge in [-0.25, -0.2) is 8.78 Å². The topological polar surface area (TPSA) is 0 Å². The van der Waals surface area contributed by atoms with Gasteiger partial charge in [-0.05, 0) is 68.0 Å². The zero-order valence-electron chi connectivity index (χ0n) is 15.4. The number of benzene rings is 2. The van der Waals surface area contributed by atoms with Crippen LogP contribution in [0.25, 0.3) is 6.08 Å². The van der Waals surface area contributed by atoms with Crippen molar-refractivity contribution < 1.29 is 8.78 Å². The lowest BCUT2D eigenvalue weighted by Crippen LogP contribution is -2.10. The van der Waals surface area contributed by atoms with E-state index in [1.54, 1.807) is 26.0 Å². The summed E-state index contributed by atoms with van der Waals surface area (Å²) >= 11 is 0. The fourth-order valence-corrected chi connectivity index (χ4v) is 2.58. The smallest absolute Gasteiger partial charge is 0.130 e. The second-order valence-electron chi connectivity index (χ2n) is 6.28. The highest BCUT2D eigenvalue weighted by molar-refractivity contribution is 5.48. The first kappa shape index (κ1) is 20.1. The highest BCUT2D eigenvalue weighted by Crippen LogP contribution is 2.27. The Bertz CT molecular complexity index is 679. The minimum atomic E-state index is -1.35. The molecule has 0 spiro atoms. The summed E-state index contributed by atoms with van der Waals surface area (Å²) in [5.41, 5.74) is 3.17. The predicted octanol–water partition coefficient (Wildman–Crippen LogP) is 6.79. The minimum absolute atomic E-state index is 0.248. The Balaban J connectivity index is 0.00000139. The van der Waals surface area contributed by atoms with Crippen LogP contribution in [0.1, 0.15) is 55.5 Å². The molecule has 0 N–H and O–H groups in total. The molecular formula is C22H28F2. The van der Waals surface area contributed by atoms with Crippen molar-refractivity contribution in [1.29, 1.82) is 0 Å².